The van der Waals surface area contributed by atoms with Gasteiger partial charge in [0, 0.05) is 24.7 Å². The molecule has 7 nitrogen and oxygen atoms in total. The van der Waals surface area contributed by atoms with E-state index in [0.29, 0.717) is 36.1 Å². The number of piperidine rings is 1. The quantitative estimate of drug-likeness (QED) is 0.780. The molecule has 140 valence electrons. The molecule has 0 aromatic heterocycles. The lowest BCUT2D eigenvalue weighted by Gasteiger charge is -2.38. The highest BCUT2D eigenvalue weighted by Gasteiger charge is 2.29. The average Bonchev–Trinajstić information content (AvgIpc) is 2.58. The van der Waals surface area contributed by atoms with E-state index in [1.165, 1.54) is 7.11 Å². The third kappa shape index (κ3) is 5.24. The van der Waals surface area contributed by atoms with Crippen LogP contribution in [0, 0.1) is 5.92 Å². The maximum Gasteiger partial charge on any atom is 0.255 e. The van der Waals surface area contributed by atoms with Crippen LogP contribution in [0.4, 0.5) is 0 Å². The monoisotopic (exact) mass is 371 g/mol. The van der Waals surface area contributed by atoms with Crippen molar-refractivity contribution in [3.8, 4) is 11.5 Å². The van der Waals surface area contributed by atoms with Gasteiger partial charge in [0.15, 0.2) is 18.1 Å². The van der Waals surface area contributed by atoms with Crippen molar-refractivity contribution in [1.82, 2.24) is 4.90 Å². The number of amides is 2. The van der Waals surface area contributed by atoms with E-state index < -0.39 is 5.91 Å². The lowest BCUT2D eigenvalue weighted by molar-refractivity contribution is -0.119. The summed E-state index contributed by atoms with van der Waals surface area (Å²) in [5.74, 6) is 0.677. The summed E-state index contributed by atoms with van der Waals surface area (Å²) < 4.78 is 10.5. The predicted octanol–water partition coefficient (Wildman–Crippen LogP) is 1.18. The number of carbonyl (C=O) groups excluding carboxylic acids is 2. The molecular formula is C17H26ClN3O4. The SMILES string of the molecule is COc1cc(C(=O)N2CCC(C)CC2CN)ccc1OCC(N)=O.Cl. The summed E-state index contributed by atoms with van der Waals surface area (Å²) in [7, 11) is 1.48. The first-order valence-electron chi connectivity index (χ1n) is 8.06. The van der Waals surface area contributed by atoms with Crippen LogP contribution in [0.25, 0.3) is 0 Å². The van der Waals surface area contributed by atoms with Crippen molar-refractivity contribution < 1.29 is 19.1 Å². The van der Waals surface area contributed by atoms with E-state index in [9.17, 15) is 9.59 Å². The number of ether oxygens (including phenoxy) is 2. The molecule has 1 aromatic rings. The predicted molar refractivity (Wildman–Crippen MR) is 97.2 cm³/mol. The molecule has 2 rings (SSSR count). The molecule has 0 bridgehead atoms. The summed E-state index contributed by atoms with van der Waals surface area (Å²) in [5, 5.41) is 0. The Hall–Kier alpha value is -1.99. The molecule has 2 atom stereocenters. The number of carbonyl (C=O) groups is 2. The first-order chi connectivity index (χ1) is 11.5. The molecular weight excluding hydrogens is 346 g/mol. The standard InChI is InChI=1S/C17H25N3O4.ClH/c1-11-5-6-20(13(7-11)9-18)17(22)12-3-4-14(15(8-12)23-2)24-10-16(19)21;/h3-4,8,11,13H,5-7,9-10,18H2,1-2H3,(H2,19,21);1H. The van der Waals surface area contributed by atoms with E-state index in [1.807, 2.05) is 4.90 Å². The van der Waals surface area contributed by atoms with Gasteiger partial charge in [-0.2, -0.15) is 0 Å². The maximum absolute atomic E-state index is 12.8. The summed E-state index contributed by atoms with van der Waals surface area (Å²) in [6.45, 7) is 3.08. The highest BCUT2D eigenvalue weighted by atomic mass is 35.5. The van der Waals surface area contributed by atoms with Gasteiger partial charge in [-0.25, -0.2) is 0 Å². The second-order valence-electron chi connectivity index (χ2n) is 6.14. The molecule has 0 spiro atoms. The lowest BCUT2D eigenvalue weighted by atomic mass is 9.92. The summed E-state index contributed by atoms with van der Waals surface area (Å²) in [4.78, 5) is 25.5. The number of hydrogen-bond donors (Lipinski definition) is 2. The van der Waals surface area contributed by atoms with Gasteiger partial charge in [-0.05, 0) is 37.0 Å². The van der Waals surface area contributed by atoms with Gasteiger partial charge in [0.1, 0.15) is 0 Å². The number of benzene rings is 1. The van der Waals surface area contributed by atoms with Gasteiger partial charge in [-0.1, -0.05) is 6.92 Å². The number of primary amides is 1. The van der Waals surface area contributed by atoms with Crippen LogP contribution in [0.2, 0.25) is 0 Å². The zero-order chi connectivity index (χ0) is 17.7. The van der Waals surface area contributed by atoms with Crippen LogP contribution >= 0.6 is 12.4 Å². The molecule has 8 heteroatoms. The highest BCUT2D eigenvalue weighted by Crippen LogP contribution is 2.30. The molecule has 0 aliphatic carbocycles. The topological polar surface area (TPSA) is 108 Å². The lowest BCUT2D eigenvalue weighted by Crippen LogP contribution is -2.49. The third-order valence-electron chi connectivity index (χ3n) is 4.29. The van der Waals surface area contributed by atoms with Crippen LogP contribution in [0.1, 0.15) is 30.1 Å². The summed E-state index contributed by atoms with van der Waals surface area (Å²) >= 11 is 0. The molecule has 1 aromatic carbocycles. The summed E-state index contributed by atoms with van der Waals surface area (Å²) in [6, 6.07) is 4.94. The van der Waals surface area contributed by atoms with E-state index in [1.54, 1.807) is 18.2 Å². The molecule has 2 unspecified atom stereocenters. The van der Waals surface area contributed by atoms with E-state index in [0.717, 1.165) is 12.8 Å². The van der Waals surface area contributed by atoms with Crippen molar-refractivity contribution in [3.63, 3.8) is 0 Å². The largest absolute Gasteiger partial charge is 0.493 e. The van der Waals surface area contributed by atoms with Gasteiger partial charge in [-0.15, -0.1) is 12.4 Å². The number of nitrogens with two attached hydrogens (primary N) is 2. The van der Waals surface area contributed by atoms with Crippen LogP contribution in [0.5, 0.6) is 11.5 Å². The minimum atomic E-state index is -0.578. The smallest absolute Gasteiger partial charge is 0.255 e. The zero-order valence-corrected chi connectivity index (χ0v) is 15.4. The Morgan fingerprint density at radius 3 is 2.64 bits per heavy atom. The maximum atomic E-state index is 12.8. The Kier molecular flexibility index (Phi) is 7.99. The van der Waals surface area contributed by atoms with E-state index in [-0.39, 0.29) is 31.0 Å². The Balaban J connectivity index is 0.00000312. The van der Waals surface area contributed by atoms with Crippen LogP contribution in [-0.4, -0.2) is 49.6 Å². The molecule has 1 fully saturated rings. The first kappa shape index (κ1) is 21.1. The van der Waals surface area contributed by atoms with Crippen LogP contribution < -0.4 is 20.9 Å². The van der Waals surface area contributed by atoms with Crippen molar-refractivity contribution in [2.24, 2.45) is 17.4 Å². The second kappa shape index (κ2) is 9.48. The van der Waals surface area contributed by atoms with Gasteiger partial charge < -0.3 is 25.8 Å². The molecule has 1 aliphatic rings. The summed E-state index contributed by atoms with van der Waals surface area (Å²) in [5.41, 5.74) is 11.4. The van der Waals surface area contributed by atoms with E-state index in [2.05, 4.69) is 6.92 Å². The molecule has 0 saturated carbocycles. The number of hydrogen-bond acceptors (Lipinski definition) is 5. The summed E-state index contributed by atoms with van der Waals surface area (Å²) in [6.07, 6.45) is 1.89. The third-order valence-corrected chi connectivity index (χ3v) is 4.29. The van der Waals surface area contributed by atoms with Crippen molar-refractivity contribution >= 4 is 24.2 Å². The zero-order valence-electron chi connectivity index (χ0n) is 14.6. The number of nitrogens with zero attached hydrogens (tertiary/aromatic N) is 1. The number of likely N-dealkylation sites (tertiary alicyclic amines) is 1. The fraction of sp³-hybridized carbons (Fsp3) is 0.529. The van der Waals surface area contributed by atoms with Crippen LogP contribution in [0.15, 0.2) is 18.2 Å². The number of methoxy groups -OCH3 is 1. The van der Waals surface area contributed by atoms with Gasteiger partial charge in [-0.3, -0.25) is 9.59 Å². The molecule has 4 N–H and O–H groups in total. The number of rotatable bonds is 6. The van der Waals surface area contributed by atoms with Crippen molar-refractivity contribution in [2.45, 2.75) is 25.8 Å². The minimum Gasteiger partial charge on any atom is -0.493 e. The Morgan fingerprint density at radius 2 is 2.04 bits per heavy atom. The molecule has 1 saturated heterocycles. The fourth-order valence-electron chi connectivity index (χ4n) is 2.98. The van der Waals surface area contributed by atoms with Gasteiger partial charge in [0.05, 0.1) is 7.11 Å². The molecule has 0 radical (unpaired) electrons. The first-order valence-corrected chi connectivity index (χ1v) is 8.06. The average molecular weight is 372 g/mol. The minimum absolute atomic E-state index is 0. The molecule has 2 amide bonds. The van der Waals surface area contributed by atoms with Crippen molar-refractivity contribution in [1.29, 1.82) is 0 Å². The Labute approximate surface area is 154 Å². The molecule has 1 heterocycles. The fourth-order valence-corrected chi connectivity index (χ4v) is 2.98. The number of halogens is 1. The van der Waals surface area contributed by atoms with Crippen LogP contribution in [0.3, 0.4) is 0 Å². The van der Waals surface area contributed by atoms with Crippen LogP contribution in [-0.2, 0) is 4.79 Å². The molecule has 25 heavy (non-hydrogen) atoms. The van der Waals surface area contributed by atoms with Gasteiger partial charge in [0.25, 0.3) is 11.8 Å². The second-order valence-corrected chi connectivity index (χ2v) is 6.14. The van der Waals surface area contributed by atoms with Crippen molar-refractivity contribution in [2.75, 3.05) is 26.8 Å². The van der Waals surface area contributed by atoms with Gasteiger partial charge >= 0.3 is 0 Å². The highest BCUT2D eigenvalue weighted by molar-refractivity contribution is 5.95. The Morgan fingerprint density at radius 1 is 1.32 bits per heavy atom. The molecule has 1 aliphatic heterocycles. The Bertz CT molecular complexity index is 612. The normalized spacial score (nSPS) is 19.7. The van der Waals surface area contributed by atoms with E-state index >= 15 is 0 Å². The van der Waals surface area contributed by atoms with Crippen molar-refractivity contribution in [3.05, 3.63) is 23.8 Å². The van der Waals surface area contributed by atoms with Gasteiger partial charge in [0.2, 0.25) is 0 Å². The van der Waals surface area contributed by atoms with E-state index in [4.69, 9.17) is 20.9 Å².